The number of hydrogen-bond acceptors (Lipinski definition) is 4. The van der Waals surface area contributed by atoms with E-state index in [1.165, 1.54) is 17.0 Å². The minimum atomic E-state index is -4.45. The van der Waals surface area contributed by atoms with Gasteiger partial charge in [0.05, 0.1) is 5.56 Å². The summed E-state index contributed by atoms with van der Waals surface area (Å²) in [6.45, 7) is 1.98. The fourth-order valence-corrected chi connectivity index (χ4v) is 3.78. The Morgan fingerprint density at radius 3 is 1.92 bits per heavy atom. The molecule has 38 heavy (non-hydrogen) atoms. The van der Waals surface area contributed by atoms with E-state index in [1.807, 2.05) is 0 Å². The van der Waals surface area contributed by atoms with Gasteiger partial charge in [0.15, 0.2) is 12.7 Å². The Morgan fingerprint density at radius 1 is 0.895 bits per heavy atom. The summed E-state index contributed by atoms with van der Waals surface area (Å²) in [6, 6.07) is 18.2. The predicted octanol–water partition coefficient (Wildman–Crippen LogP) is 6.00. The summed E-state index contributed by atoms with van der Waals surface area (Å²) in [5.74, 6) is -1.01. The van der Waals surface area contributed by atoms with Crippen LogP contribution in [0.4, 0.5) is 13.2 Å². The van der Waals surface area contributed by atoms with E-state index in [0.29, 0.717) is 16.3 Å². The van der Waals surface area contributed by atoms with Crippen LogP contribution in [-0.2, 0) is 40.0 Å². The minimum Gasteiger partial charge on any atom is -0.484 e. The summed E-state index contributed by atoms with van der Waals surface area (Å²) in [5, 5.41) is 9.78. The lowest BCUT2D eigenvalue weighted by molar-refractivity contribution is -0.150. The summed E-state index contributed by atoms with van der Waals surface area (Å²) in [4.78, 5) is 25.9. The molecule has 0 unspecified atom stereocenters. The number of carboxylic acids is 1. The molecule has 0 aliphatic rings. The predicted molar refractivity (Wildman–Crippen MR) is 136 cm³/mol. The topological polar surface area (TPSA) is 76.1 Å². The van der Waals surface area contributed by atoms with E-state index in [2.05, 4.69) is 0 Å². The molecule has 1 atom stereocenters. The van der Waals surface area contributed by atoms with Crippen molar-refractivity contribution in [3.8, 4) is 5.75 Å². The smallest absolute Gasteiger partial charge is 0.416 e. The SMILES string of the molecule is CCO[C@@H](Cc1ccc(OCC(=O)N(Cc2ccc(Cl)cc2)Cc2ccc(C(F)(F)F)cc2)cc1)C(=O)O. The van der Waals surface area contributed by atoms with Crippen LogP contribution in [0.5, 0.6) is 5.75 Å². The van der Waals surface area contributed by atoms with E-state index in [9.17, 15) is 27.9 Å². The molecule has 6 nitrogen and oxygen atoms in total. The van der Waals surface area contributed by atoms with Gasteiger partial charge in [0.1, 0.15) is 5.75 Å². The van der Waals surface area contributed by atoms with Gasteiger partial charge in [-0.2, -0.15) is 13.2 Å². The van der Waals surface area contributed by atoms with E-state index in [1.54, 1.807) is 55.5 Å². The van der Waals surface area contributed by atoms with E-state index >= 15 is 0 Å². The van der Waals surface area contributed by atoms with Crippen LogP contribution in [0, 0.1) is 0 Å². The second-order valence-corrected chi connectivity index (χ2v) is 8.93. The Balaban J connectivity index is 1.67. The first-order chi connectivity index (χ1) is 18.0. The number of carbonyl (C=O) groups excluding carboxylic acids is 1. The molecule has 1 amide bonds. The summed E-state index contributed by atoms with van der Waals surface area (Å²) in [5.41, 5.74) is 1.30. The minimum absolute atomic E-state index is 0.0793. The van der Waals surface area contributed by atoms with E-state index in [-0.39, 0.29) is 38.6 Å². The second-order valence-electron chi connectivity index (χ2n) is 8.49. The van der Waals surface area contributed by atoms with Crippen molar-refractivity contribution < 1.29 is 37.3 Å². The molecule has 0 spiro atoms. The molecule has 0 saturated carbocycles. The average molecular weight is 550 g/mol. The highest BCUT2D eigenvalue weighted by Crippen LogP contribution is 2.29. The number of carbonyl (C=O) groups is 2. The summed E-state index contributed by atoms with van der Waals surface area (Å²) in [7, 11) is 0. The van der Waals surface area contributed by atoms with Crippen LogP contribution in [0.3, 0.4) is 0 Å². The van der Waals surface area contributed by atoms with Crippen molar-refractivity contribution >= 4 is 23.5 Å². The molecule has 3 aromatic rings. The molecule has 0 fully saturated rings. The fourth-order valence-electron chi connectivity index (χ4n) is 3.65. The highest BCUT2D eigenvalue weighted by atomic mass is 35.5. The first-order valence-electron chi connectivity index (χ1n) is 11.8. The number of benzene rings is 3. The number of aliphatic carboxylic acids is 1. The number of hydrogen-bond donors (Lipinski definition) is 1. The highest BCUT2D eigenvalue weighted by Gasteiger charge is 2.30. The number of nitrogens with zero attached hydrogens (tertiary/aromatic N) is 1. The van der Waals surface area contributed by atoms with Gasteiger partial charge >= 0.3 is 12.1 Å². The molecule has 0 heterocycles. The summed E-state index contributed by atoms with van der Waals surface area (Å²) >= 11 is 5.95. The standard InChI is InChI=1S/C28H27ClF3NO5/c1-2-37-25(27(35)36)15-19-7-13-24(14-8-19)38-18-26(34)33(17-21-5-11-23(29)12-6-21)16-20-3-9-22(10-4-20)28(30,31)32/h3-14,25H,2,15-18H2,1H3,(H,35,36)/t25-/m0/s1. The van der Waals surface area contributed by atoms with Crippen LogP contribution in [0.1, 0.15) is 29.2 Å². The molecule has 1 N–H and O–H groups in total. The molecule has 202 valence electrons. The van der Waals surface area contributed by atoms with Gasteiger partial charge in [-0.25, -0.2) is 4.79 Å². The molecule has 0 aliphatic heterocycles. The highest BCUT2D eigenvalue weighted by molar-refractivity contribution is 6.30. The van der Waals surface area contributed by atoms with Gasteiger partial charge in [-0.1, -0.05) is 48.0 Å². The van der Waals surface area contributed by atoms with Crippen molar-refractivity contribution in [2.24, 2.45) is 0 Å². The van der Waals surface area contributed by atoms with Gasteiger partial charge in [0.2, 0.25) is 0 Å². The summed E-state index contributed by atoms with van der Waals surface area (Å²) in [6.07, 6.45) is -5.22. The van der Waals surface area contributed by atoms with Crippen molar-refractivity contribution in [1.82, 2.24) is 4.90 Å². The largest absolute Gasteiger partial charge is 0.484 e. The maximum atomic E-state index is 13.1. The van der Waals surface area contributed by atoms with Crippen LogP contribution >= 0.6 is 11.6 Å². The Hall–Kier alpha value is -3.56. The quantitative estimate of drug-likeness (QED) is 0.300. The van der Waals surface area contributed by atoms with Crippen molar-refractivity contribution in [2.45, 2.75) is 38.7 Å². The number of alkyl halides is 3. The van der Waals surface area contributed by atoms with Gasteiger partial charge in [-0.3, -0.25) is 4.79 Å². The third kappa shape index (κ3) is 8.78. The maximum Gasteiger partial charge on any atom is 0.416 e. The third-order valence-corrected chi connectivity index (χ3v) is 5.90. The lowest BCUT2D eigenvalue weighted by atomic mass is 10.1. The first kappa shape index (κ1) is 29.0. The lowest BCUT2D eigenvalue weighted by Gasteiger charge is -2.23. The molecular formula is C28H27ClF3NO5. The zero-order valence-corrected chi connectivity index (χ0v) is 21.3. The van der Waals surface area contributed by atoms with Crippen molar-refractivity contribution in [2.75, 3.05) is 13.2 Å². The normalized spacial score (nSPS) is 12.1. The molecule has 10 heteroatoms. The van der Waals surface area contributed by atoms with E-state index < -0.39 is 23.8 Å². The zero-order valence-electron chi connectivity index (χ0n) is 20.6. The average Bonchev–Trinajstić information content (AvgIpc) is 2.88. The van der Waals surface area contributed by atoms with Crippen LogP contribution in [0.25, 0.3) is 0 Å². The third-order valence-electron chi connectivity index (χ3n) is 5.64. The van der Waals surface area contributed by atoms with Gasteiger partial charge < -0.3 is 19.5 Å². The molecule has 0 saturated heterocycles. The summed E-state index contributed by atoms with van der Waals surface area (Å²) < 4.78 is 49.7. The van der Waals surface area contributed by atoms with Crippen molar-refractivity contribution in [3.63, 3.8) is 0 Å². The lowest BCUT2D eigenvalue weighted by Crippen LogP contribution is -2.34. The molecule has 3 rings (SSSR count). The van der Waals surface area contributed by atoms with E-state index in [4.69, 9.17) is 21.1 Å². The van der Waals surface area contributed by atoms with Crippen LogP contribution in [0.15, 0.2) is 72.8 Å². The number of carboxylic acid groups (broad SMARTS) is 1. The monoisotopic (exact) mass is 549 g/mol. The van der Waals surface area contributed by atoms with Crippen LogP contribution in [0.2, 0.25) is 5.02 Å². The van der Waals surface area contributed by atoms with Crippen LogP contribution in [-0.4, -0.2) is 41.2 Å². The Labute approximate surface area is 223 Å². The number of ether oxygens (including phenoxy) is 2. The Morgan fingerprint density at radius 2 is 1.42 bits per heavy atom. The second kappa shape index (κ2) is 13.3. The first-order valence-corrected chi connectivity index (χ1v) is 12.2. The Kier molecular flexibility index (Phi) is 10.2. The van der Waals surface area contributed by atoms with Crippen molar-refractivity contribution in [1.29, 1.82) is 0 Å². The van der Waals surface area contributed by atoms with Crippen LogP contribution < -0.4 is 4.74 Å². The number of halogens is 4. The zero-order chi connectivity index (χ0) is 27.7. The molecule has 0 bridgehead atoms. The molecule has 0 aliphatic carbocycles. The van der Waals surface area contributed by atoms with Gasteiger partial charge in [0.25, 0.3) is 5.91 Å². The molecule has 3 aromatic carbocycles. The molecular weight excluding hydrogens is 523 g/mol. The van der Waals surface area contributed by atoms with Gasteiger partial charge in [-0.15, -0.1) is 0 Å². The maximum absolute atomic E-state index is 13.1. The van der Waals surface area contributed by atoms with Gasteiger partial charge in [0, 0.05) is 31.1 Å². The number of rotatable bonds is 12. The molecule has 0 aromatic heterocycles. The van der Waals surface area contributed by atoms with E-state index in [0.717, 1.165) is 23.3 Å². The molecule has 0 radical (unpaired) electrons. The van der Waals surface area contributed by atoms with Gasteiger partial charge in [-0.05, 0) is 60.0 Å². The fraction of sp³-hybridized carbons (Fsp3) is 0.286. The Bertz CT molecular complexity index is 1200. The van der Waals surface area contributed by atoms with Crippen molar-refractivity contribution in [3.05, 3.63) is 100 Å². The number of amides is 1.